The lowest BCUT2D eigenvalue weighted by molar-refractivity contribution is 0.0740. The van der Waals surface area contributed by atoms with Gasteiger partial charge in [0.2, 0.25) is 0 Å². The molecule has 0 spiro atoms. The maximum atomic E-state index is 13.8. The van der Waals surface area contributed by atoms with Crippen molar-refractivity contribution in [3.63, 3.8) is 0 Å². The maximum Gasteiger partial charge on any atom is 0.272 e. The highest BCUT2D eigenvalue weighted by Crippen LogP contribution is 2.20. The maximum absolute atomic E-state index is 13.8. The Balaban J connectivity index is 1.67. The van der Waals surface area contributed by atoms with Gasteiger partial charge < -0.3 is 9.80 Å². The van der Waals surface area contributed by atoms with E-state index >= 15 is 0 Å². The number of carbonyl (C=O) groups excluding carboxylic acids is 1. The number of pyridine rings is 1. The standard InChI is InChI=1S/C16H15ClFN3O/c17-15-7-3-5-13(19-15)16(22)21-10-8-20(9-11-21)14-6-2-1-4-12(14)18/h1-7H,8-11H2. The molecule has 1 saturated heterocycles. The van der Waals surface area contributed by atoms with Crippen molar-refractivity contribution in [1.82, 2.24) is 9.88 Å². The molecule has 4 nitrogen and oxygen atoms in total. The van der Waals surface area contributed by atoms with Crippen molar-refractivity contribution in [2.75, 3.05) is 31.1 Å². The molecule has 2 aromatic rings. The van der Waals surface area contributed by atoms with Crippen molar-refractivity contribution in [2.45, 2.75) is 0 Å². The summed E-state index contributed by atoms with van der Waals surface area (Å²) in [6, 6.07) is 11.7. The number of hydrogen-bond acceptors (Lipinski definition) is 3. The molecule has 3 rings (SSSR count). The van der Waals surface area contributed by atoms with Crippen LogP contribution in [0, 0.1) is 5.82 Å². The molecule has 2 heterocycles. The van der Waals surface area contributed by atoms with Crippen LogP contribution in [0.25, 0.3) is 0 Å². The molecule has 0 unspecified atom stereocenters. The van der Waals surface area contributed by atoms with Gasteiger partial charge in [0.15, 0.2) is 0 Å². The van der Waals surface area contributed by atoms with E-state index in [4.69, 9.17) is 11.6 Å². The first-order chi connectivity index (χ1) is 10.6. The lowest BCUT2D eigenvalue weighted by Gasteiger charge is -2.36. The van der Waals surface area contributed by atoms with E-state index in [2.05, 4.69) is 4.98 Å². The van der Waals surface area contributed by atoms with E-state index in [1.165, 1.54) is 6.07 Å². The number of piperazine rings is 1. The molecule has 0 saturated carbocycles. The summed E-state index contributed by atoms with van der Waals surface area (Å²) in [4.78, 5) is 20.1. The van der Waals surface area contributed by atoms with Gasteiger partial charge in [0.05, 0.1) is 5.69 Å². The summed E-state index contributed by atoms with van der Waals surface area (Å²) in [7, 11) is 0. The highest BCUT2D eigenvalue weighted by Gasteiger charge is 2.24. The van der Waals surface area contributed by atoms with Crippen LogP contribution in [0.3, 0.4) is 0 Å². The first kappa shape index (κ1) is 14.8. The number of aromatic nitrogens is 1. The molecule has 1 aliphatic rings. The van der Waals surface area contributed by atoms with Crippen LogP contribution in [0.4, 0.5) is 10.1 Å². The van der Waals surface area contributed by atoms with Gasteiger partial charge in [0.25, 0.3) is 5.91 Å². The Morgan fingerprint density at radius 2 is 1.77 bits per heavy atom. The Hall–Kier alpha value is -2.14. The Morgan fingerprint density at radius 1 is 1.05 bits per heavy atom. The predicted molar refractivity (Wildman–Crippen MR) is 83.8 cm³/mol. The van der Waals surface area contributed by atoms with E-state index in [0.29, 0.717) is 42.7 Å². The smallest absolute Gasteiger partial charge is 0.272 e. The van der Waals surface area contributed by atoms with Crippen molar-refractivity contribution in [3.8, 4) is 0 Å². The molecule has 0 atom stereocenters. The first-order valence-electron chi connectivity index (χ1n) is 7.06. The van der Waals surface area contributed by atoms with Crippen LogP contribution in [0.15, 0.2) is 42.5 Å². The van der Waals surface area contributed by atoms with Gasteiger partial charge in [-0.1, -0.05) is 29.8 Å². The zero-order chi connectivity index (χ0) is 15.5. The summed E-state index contributed by atoms with van der Waals surface area (Å²) in [5.41, 5.74) is 0.919. The fourth-order valence-corrected chi connectivity index (χ4v) is 2.71. The molecule has 1 fully saturated rings. The van der Waals surface area contributed by atoms with Gasteiger partial charge in [0, 0.05) is 26.2 Å². The van der Waals surface area contributed by atoms with Gasteiger partial charge in [-0.05, 0) is 24.3 Å². The van der Waals surface area contributed by atoms with Crippen LogP contribution in [0.5, 0.6) is 0 Å². The van der Waals surface area contributed by atoms with Crippen LogP contribution in [-0.4, -0.2) is 42.0 Å². The average Bonchev–Trinajstić information content (AvgIpc) is 2.55. The number of halogens is 2. The number of hydrogen-bond donors (Lipinski definition) is 0. The average molecular weight is 320 g/mol. The van der Waals surface area contributed by atoms with E-state index in [-0.39, 0.29) is 11.7 Å². The van der Waals surface area contributed by atoms with Crippen molar-refractivity contribution < 1.29 is 9.18 Å². The van der Waals surface area contributed by atoms with Crippen molar-refractivity contribution in [2.24, 2.45) is 0 Å². The van der Waals surface area contributed by atoms with E-state index in [0.717, 1.165) is 0 Å². The lowest BCUT2D eigenvalue weighted by atomic mass is 10.2. The summed E-state index contributed by atoms with van der Waals surface area (Å²) < 4.78 is 13.8. The summed E-state index contributed by atoms with van der Waals surface area (Å²) >= 11 is 5.82. The first-order valence-corrected chi connectivity index (χ1v) is 7.44. The van der Waals surface area contributed by atoms with Gasteiger partial charge in [-0.25, -0.2) is 9.37 Å². The Labute approximate surface area is 133 Å². The molecule has 1 aliphatic heterocycles. The van der Waals surface area contributed by atoms with Crippen LogP contribution >= 0.6 is 11.6 Å². The summed E-state index contributed by atoms with van der Waals surface area (Å²) in [5, 5.41) is 0.302. The predicted octanol–water partition coefficient (Wildman–Crippen LogP) is 2.84. The Morgan fingerprint density at radius 3 is 2.45 bits per heavy atom. The minimum absolute atomic E-state index is 0.143. The molecule has 1 aromatic carbocycles. The summed E-state index contributed by atoms with van der Waals surface area (Å²) in [6.45, 7) is 2.24. The molecule has 6 heteroatoms. The number of nitrogens with zero attached hydrogens (tertiary/aromatic N) is 3. The highest BCUT2D eigenvalue weighted by atomic mass is 35.5. The zero-order valence-electron chi connectivity index (χ0n) is 11.9. The molecule has 1 amide bonds. The van der Waals surface area contributed by atoms with Crippen molar-refractivity contribution in [1.29, 1.82) is 0 Å². The highest BCUT2D eigenvalue weighted by molar-refractivity contribution is 6.29. The summed E-state index contributed by atoms with van der Waals surface area (Å²) in [6.07, 6.45) is 0. The van der Waals surface area contributed by atoms with E-state index in [1.807, 2.05) is 11.0 Å². The molecular weight excluding hydrogens is 305 g/mol. The second kappa shape index (κ2) is 6.32. The molecule has 0 N–H and O–H groups in total. The minimum Gasteiger partial charge on any atom is -0.366 e. The minimum atomic E-state index is -0.237. The largest absolute Gasteiger partial charge is 0.366 e. The Kier molecular flexibility index (Phi) is 4.24. The summed E-state index contributed by atoms with van der Waals surface area (Å²) in [5.74, 6) is -0.380. The Bertz CT molecular complexity index is 687. The molecule has 0 radical (unpaired) electrons. The van der Waals surface area contributed by atoms with E-state index < -0.39 is 0 Å². The third-order valence-electron chi connectivity index (χ3n) is 3.69. The van der Waals surface area contributed by atoms with E-state index in [9.17, 15) is 9.18 Å². The van der Waals surface area contributed by atoms with Crippen LogP contribution in [0.2, 0.25) is 5.15 Å². The molecule has 0 aliphatic carbocycles. The van der Waals surface area contributed by atoms with Gasteiger partial charge in [-0.3, -0.25) is 4.79 Å². The van der Waals surface area contributed by atoms with Gasteiger partial charge in [-0.2, -0.15) is 0 Å². The monoisotopic (exact) mass is 319 g/mol. The van der Waals surface area contributed by atoms with Crippen molar-refractivity contribution >= 4 is 23.2 Å². The van der Waals surface area contributed by atoms with Crippen LogP contribution in [0.1, 0.15) is 10.5 Å². The van der Waals surface area contributed by atoms with Crippen LogP contribution in [-0.2, 0) is 0 Å². The number of carbonyl (C=O) groups is 1. The number of amides is 1. The third kappa shape index (κ3) is 3.04. The number of anilines is 1. The second-order valence-corrected chi connectivity index (χ2v) is 5.46. The fraction of sp³-hybridized carbons (Fsp3) is 0.250. The quantitative estimate of drug-likeness (QED) is 0.799. The normalized spacial score (nSPS) is 15.0. The SMILES string of the molecule is O=C(c1cccc(Cl)n1)N1CCN(c2ccccc2F)CC1. The topological polar surface area (TPSA) is 36.4 Å². The lowest BCUT2D eigenvalue weighted by Crippen LogP contribution is -2.49. The molecule has 22 heavy (non-hydrogen) atoms. The number of para-hydroxylation sites is 1. The molecule has 114 valence electrons. The van der Waals surface area contributed by atoms with Gasteiger partial charge >= 0.3 is 0 Å². The van der Waals surface area contributed by atoms with Crippen LogP contribution < -0.4 is 4.90 Å². The molecule has 0 bridgehead atoms. The van der Waals surface area contributed by atoms with E-state index in [1.54, 1.807) is 35.2 Å². The fourth-order valence-electron chi connectivity index (χ4n) is 2.55. The molecule has 1 aromatic heterocycles. The van der Waals surface area contributed by atoms with Crippen molar-refractivity contribution in [3.05, 3.63) is 59.1 Å². The van der Waals surface area contributed by atoms with Gasteiger partial charge in [-0.15, -0.1) is 0 Å². The second-order valence-electron chi connectivity index (χ2n) is 5.08. The number of benzene rings is 1. The van der Waals surface area contributed by atoms with Gasteiger partial charge in [0.1, 0.15) is 16.7 Å². The molecular formula is C16H15ClFN3O. The third-order valence-corrected chi connectivity index (χ3v) is 3.90. The number of rotatable bonds is 2. The zero-order valence-corrected chi connectivity index (χ0v) is 12.6.